The number of ether oxygens (including phenoxy) is 1. The summed E-state index contributed by atoms with van der Waals surface area (Å²) in [6, 6.07) is 11.4. The van der Waals surface area contributed by atoms with E-state index < -0.39 is 0 Å². The number of nitrogens with one attached hydrogen (secondary N) is 2. The molecule has 3 rings (SSSR count). The fourth-order valence-electron chi connectivity index (χ4n) is 2.73. The Morgan fingerprint density at radius 3 is 2.62 bits per heavy atom. The topological polar surface area (TPSA) is 67.4 Å². The van der Waals surface area contributed by atoms with Gasteiger partial charge < -0.3 is 15.4 Å². The maximum atomic E-state index is 12.5. The van der Waals surface area contributed by atoms with Gasteiger partial charge >= 0.3 is 0 Å². The predicted octanol–water partition coefficient (Wildman–Crippen LogP) is 4.15. The highest BCUT2D eigenvalue weighted by Crippen LogP contribution is 2.24. The number of anilines is 1. The van der Waals surface area contributed by atoms with Gasteiger partial charge in [0, 0.05) is 18.7 Å². The molecule has 2 aromatic carbocycles. The minimum atomic E-state index is -0.372. The molecular weight excluding hydrogens is 375 g/mol. The van der Waals surface area contributed by atoms with Gasteiger partial charge in [-0.25, -0.2) is 0 Å². The summed E-state index contributed by atoms with van der Waals surface area (Å²) in [5.41, 5.74) is 1.17. The van der Waals surface area contributed by atoms with E-state index in [9.17, 15) is 9.59 Å². The van der Waals surface area contributed by atoms with Crippen LogP contribution in [0, 0.1) is 0 Å². The highest BCUT2D eigenvalue weighted by atomic mass is 35.5. The zero-order valence-electron chi connectivity index (χ0n) is 13.9. The molecule has 1 fully saturated rings. The maximum absolute atomic E-state index is 12.5. The summed E-state index contributed by atoms with van der Waals surface area (Å²) in [6.45, 7) is 1.19. The number of carbonyl (C=O) groups excluding carboxylic acids is 2. The van der Waals surface area contributed by atoms with Crippen molar-refractivity contribution in [3.8, 4) is 0 Å². The standard InChI is InChI=1S/C19H18Cl2N2O3/c20-15-8-7-12(10-16(15)21)18(24)23-17-6-2-1-5-14(17)19(25)22-11-13-4-3-9-26-13/h1-2,5-8,10,13H,3-4,9,11H2,(H,22,25)(H,23,24). The van der Waals surface area contributed by atoms with Crippen molar-refractivity contribution in [3.63, 3.8) is 0 Å². The molecule has 7 heteroatoms. The van der Waals surface area contributed by atoms with Gasteiger partial charge in [0.05, 0.1) is 27.4 Å². The molecule has 2 amide bonds. The Bertz CT molecular complexity index is 820. The van der Waals surface area contributed by atoms with Crippen LogP contribution in [0.5, 0.6) is 0 Å². The maximum Gasteiger partial charge on any atom is 0.255 e. The summed E-state index contributed by atoms with van der Waals surface area (Å²) in [6.07, 6.45) is 2.00. The summed E-state index contributed by atoms with van der Waals surface area (Å²) in [7, 11) is 0. The molecule has 0 aliphatic carbocycles. The second kappa shape index (κ2) is 8.54. The van der Waals surface area contributed by atoms with E-state index >= 15 is 0 Å². The predicted molar refractivity (Wildman–Crippen MR) is 102 cm³/mol. The molecule has 0 radical (unpaired) electrons. The van der Waals surface area contributed by atoms with E-state index in [-0.39, 0.29) is 17.9 Å². The molecule has 0 spiro atoms. The molecule has 0 bridgehead atoms. The van der Waals surface area contributed by atoms with E-state index in [1.165, 1.54) is 6.07 Å². The van der Waals surface area contributed by atoms with E-state index in [0.29, 0.717) is 33.4 Å². The summed E-state index contributed by atoms with van der Waals surface area (Å²) < 4.78 is 5.50. The first kappa shape index (κ1) is 18.7. The Balaban J connectivity index is 1.70. The molecule has 1 aliphatic heterocycles. The Hall–Kier alpha value is -2.08. The number of para-hydroxylation sites is 1. The fourth-order valence-corrected chi connectivity index (χ4v) is 3.03. The molecule has 136 valence electrons. The minimum Gasteiger partial charge on any atom is -0.376 e. The van der Waals surface area contributed by atoms with Crippen LogP contribution in [0.4, 0.5) is 5.69 Å². The van der Waals surface area contributed by atoms with Gasteiger partial charge in [-0.05, 0) is 43.2 Å². The first-order chi connectivity index (χ1) is 12.5. The van der Waals surface area contributed by atoms with E-state index in [4.69, 9.17) is 27.9 Å². The third kappa shape index (κ3) is 4.55. The normalized spacial score (nSPS) is 16.3. The number of halogens is 2. The molecule has 26 heavy (non-hydrogen) atoms. The SMILES string of the molecule is O=C(Nc1ccccc1C(=O)NCC1CCCO1)c1ccc(Cl)c(Cl)c1. The summed E-state index contributed by atoms with van der Waals surface area (Å²) >= 11 is 11.8. The van der Waals surface area contributed by atoms with Gasteiger partial charge in [-0.3, -0.25) is 9.59 Å². The Morgan fingerprint density at radius 2 is 1.88 bits per heavy atom. The molecule has 1 atom stereocenters. The van der Waals surface area contributed by atoms with Crippen molar-refractivity contribution in [3.05, 3.63) is 63.6 Å². The molecule has 2 N–H and O–H groups in total. The second-order valence-electron chi connectivity index (χ2n) is 5.97. The lowest BCUT2D eigenvalue weighted by Gasteiger charge is -2.14. The van der Waals surface area contributed by atoms with E-state index in [0.717, 1.165) is 19.4 Å². The Kier molecular flexibility index (Phi) is 6.14. The van der Waals surface area contributed by atoms with Crippen LogP contribution in [0.25, 0.3) is 0 Å². The van der Waals surface area contributed by atoms with Crippen LogP contribution in [0.2, 0.25) is 10.0 Å². The Morgan fingerprint density at radius 1 is 1.08 bits per heavy atom. The average Bonchev–Trinajstić information content (AvgIpc) is 3.16. The monoisotopic (exact) mass is 392 g/mol. The highest BCUT2D eigenvalue weighted by Gasteiger charge is 2.19. The van der Waals surface area contributed by atoms with Gasteiger partial charge in [-0.2, -0.15) is 0 Å². The molecule has 1 aliphatic rings. The van der Waals surface area contributed by atoms with E-state index in [1.54, 1.807) is 36.4 Å². The molecule has 2 aromatic rings. The number of hydrogen-bond donors (Lipinski definition) is 2. The lowest BCUT2D eigenvalue weighted by molar-refractivity contribution is 0.0858. The van der Waals surface area contributed by atoms with E-state index in [2.05, 4.69) is 10.6 Å². The van der Waals surface area contributed by atoms with Crippen molar-refractivity contribution in [2.75, 3.05) is 18.5 Å². The third-order valence-corrected chi connectivity index (χ3v) is 4.85. The van der Waals surface area contributed by atoms with Crippen LogP contribution < -0.4 is 10.6 Å². The van der Waals surface area contributed by atoms with Crippen LogP contribution in [0.1, 0.15) is 33.6 Å². The van der Waals surface area contributed by atoms with Gasteiger partial charge in [0.1, 0.15) is 0 Å². The number of benzene rings is 2. The number of carbonyl (C=O) groups is 2. The summed E-state index contributed by atoms with van der Waals surface area (Å²) in [5, 5.41) is 6.27. The largest absolute Gasteiger partial charge is 0.376 e. The van der Waals surface area contributed by atoms with Gasteiger partial charge in [0.25, 0.3) is 11.8 Å². The van der Waals surface area contributed by atoms with Gasteiger partial charge in [-0.1, -0.05) is 35.3 Å². The minimum absolute atomic E-state index is 0.0527. The average molecular weight is 393 g/mol. The van der Waals surface area contributed by atoms with Crippen molar-refractivity contribution >= 4 is 40.7 Å². The zero-order chi connectivity index (χ0) is 18.5. The van der Waals surface area contributed by atoms with Crippen LogP contribution in [0.3, 0.4) is 0 Å². The van der Waals surface area contributed by atoms with Crippen molar-refractivity contribution in [2.45, 2.75) is 18.9 Å². The lowest BCUT2D eigenvalue weighted by Crippen LogP contribution is -2.32. The molecular formula is C19H18Cl2N2O3. The van der Waals surface area contributed by atoms with Crippen LogP contribution in [0.15, 0.2) is 42.5 Å². The smallest absolute Gasteiger partial charge is 0.255 e. The first-order valence-corrected chi connectivity index (χ1v) is 9.05. The summed E-state index contributed by atoms with van der Waals surface area (Å²) in [4.78, 5) is 24.9. The van der Waals surface area contributed by atoms with Crippen LogP contribution >= 0.6 is 23.2 Å². The van der Waals surface area contributed by atoms with Gasteiger partial charge in [0.2, 0.25) is 0 Å². The first-order valence-electron chi connectivity index (χ1n) is 8.30. The lowest BCUT2D eigenvalue weighted by atomic mass is 10.1. The number of amides is 2. The quantitative estimate of drug-likeness (QED) is 0.802. The molecule has 1 saturated heterocycles. The molecule has 5 nitrogen and oxygen atoms in total. The van der Waals surface area contributed by atoms with Crippen molar-refractivity contribution in [2.24, 2.45) is 0 Å². The molecule has 0 aromatic heterocycles. The number of rotatable bonds is 5. The van der Waals surface area contributed by atoms with Crippen LogP contribution in [-0.2, 0) is 4.74 Å². The van der Waals surface area contributed by atoms with E-state index in [1.807, 2.05) is 0 Å². The molecule has 1 unspecified atom stereocenters. The van der Waals surface area contributed by atoms with Crippen molar-refractivity contribution in [1.29, 1.82) is 0 Å². The van der Waals surface area contributed by atoms with Crippen molar-refractivity contribution in [1.82, 2.24) is 5.32 Å². The van der Waals surface area contributed by atoms with Crippen molar-refractivity contribution < 1.29 is 14.3 Å². The fraction of sp³-hybridized carbons (Fsp3) is 0.263. The number of hydrogen-bond acceptors (Lipinski definition) is 3. The Labute approximate surface area is 161 Å². The molecule has 1 heterocycles. The third-order valence-electron chi connectivity index (χ3n) is 4.12. The summed E-state index contributed by atoms with van der Waals surface area (Å²) in [5.74, 6) is -0.631. The van der Waals surface area contributed by atoms with Crippen LogP contribution in [-0.4, -0.2) is 31.1 Å². The zero-order valence-corrected chi connectivity index (χ0v) is 15.4. The van der Waals surface area contributed by atoms with Gasteiger partial charge in [-0.15, -0.1) is 0 Å². The highest BCUT2D eigenvalue weighted by molar-refractivity contribution is 6.42. The molecule has 0 saturated carbocycles. The van der Waals surface area contributed by atoms with Gasteiger partial charge in [0.15, 0.2) is 0 Å². The second-order valence-corrected chi connectivity index (χ2v) is 6.79.